The zero-order valence-electron chi connectivity index (χ0n) is 20.6. The van der Waals surface area contributed by atoms with Crippen molar-refractivity contribution in [2.24, 2.45) is 11.8 Å². The number of carbonyl (C=O) groups is 2. The first-order valence-corrected chi connectivity index (χ1v) is 13.5. The monoisotopic (exact) mass is 498 g/mol. The van der Waals surface area contributed by atoms with E-state index in [0.717, 1.165) is 32.1 Å². The van der Waals surface area contributed by atoms with Gasteiger partial charge in [0, 0.05) is 12.6 Å². The molecule has 188 valence electrons. The average molecular weight is 499 g/mol. The van der Waals surface area contributed by atoms with Crippen molar-refractivity contribution in [3.8, 4) is 0 Å². The molecule has 0 saturated heterocycles. The lowest BCUT2D eigenvalue weighted by Gasteiger charge is -2.34. The molecule has 2 N–H and O–H groups in total. The molecule has 1 saturated carbocycles. The SMILES string of the molecule is CCCCCn1c(=O)c2ccccc2n2c(SCC(=O)NC(=O)N[C@@H]3CCC[C@@H](C)[C@H]3C)nnc12. The summed E-state index contributed by atoms with van der Waals surface area (Å²) in [7, 11) is 0. The molecule has 0 bridgehead atoms. The van der Waals surface area contributed by atoms with Crippen LogP contribution in [0.3, 0.4) is 0 Å². The van der Waals surface area contributed by atoms with Crippen LogP contribution in [0.2, 0.25) is 0 Å². The van der Waals surface area contributed by atoms with E-state index in [4.69, 9.17) is 0 Å². The van der Waals surface area contributed by atoms with Crippen LogP contribution in [-0.4, -0.2) is 42.9 Å². The van der Waals surface area contributed by atoms with Crippen molar-refractivity contribution >= 4 is 40.4 Å². The number of imide groups is 1. The van der Waals surface area contributed by atoms with Gasteiger partial charge in [-0.25, -0.2) is 4.79 Å². The molecule has 0 unspecified atom stereocenters. The van der Waals surface area contributed by atoms with Gasteiger partial charge in [-0.15, -0.1) is 10.2 Å². The number of unbranched alkanes of at least 4 members (excludes halogenated alkanes) is 2. The number of fused-ring (bicyclic) bond motifs is 3. The minimum absolute atomic E-state index is 0.00806. The highest BCUT2D eigenvalue weighted by Gasteiger charge is 2.28. The second kappa shape index (κ2) is 11.2. The van der Waals surface area contributed by atoms with E-state index in [1.165, 1.54) is 18.2 Å². The number of nitrogens with one attached hydrogen (secondary N) is 2. The van der Waals surface area contributed by atoms with Gasteiger partial charge in [0.2, 0.25) is 11.7 Å². The number of carbonyl (C=O) groups excluding carboxylic acids is 2. The van der Waals surface area contributed by atoms with Crippen molar-refractivity contribution < 1.29 is 9.59 Å². The van der Waals surface area contributed by atoms with Gasteiger partial charge in [0.25, 0.3) is 5.56 Å². The molecule has 0 radical (unpaired) electrons. The van der Waals surface area contributed by atoms with Gasteiger partial charge >= 0.3 is 6.03 Å². The molecule has 2 aromatic heterocycles. The fraction of sp³-hybridized carbons (Fsp3) is 0.560. The molecule has 0 aliphatic heterocycles. The van der Waals surface area contributed by atoms with Crippen LogP contribution < -0.4 is 16.2 Å². The molecule has 4 rings (SSSR count). The number of urea groups is 1. The van der Waals surface area contributed by atoms with Crippen LogP contribution in [0.1, 0.15) is 59.3 Å². The summed E-state index contributed by atoms with van der Waals surface area (Å²) in [6.45, 7) is 7.03. The Bertz CT molecular complexity index is 1270. The molecule has 3 amide bonds. The number of rotatable bonds is 8. The molecular weight excluding hydrogens is 464 g/mol. The van der Waals surface area contributed by atoms with Gasteiger partial charge in [-0.05, 0) is 36.8 Å². The Morgan fingerprint density at radius 3 is 2.74 bits per heavy atom. The molecule has 2 heterocycles. The van der Waals surface area contributed by atoms with Gasteiger partial charge in [-0.3, -0.25) is 23.9 Å². The minimum Gasteiger partial charge on any atom is -0.335 e. The lowest BCUT2D eigenvalue weighted by atomic mass is 9.78. The summed E-state index contributed by atoms with van der Waals surface area (Å²) in [6, 6.07) is 6.97. The van der Waals surface area contributed by atoms with Gasteiger partial charge in [0.05, 0.1) is 16.7 Å². The van der Waals surface area contributed by atoms with E-state index in [9.17, 15) is 14.4 Å². The van der Waals surface area contributed by atoms with Crippen molar-refractivity contribution in [2.75, 3.05) is 5.75 Å². The maximum Gasteiger partial charge on any atom is 0.321 e. The number of hydrogen-bond acceptors (Lipinski definition) is 6. The third-order valence-corrected chi connectivity index (χ3v) is 8.00. The maximum absolute atomic E-state index is 13.1. The van der Waals surface area contributed by atoms with E-state index in [1.807, 2.05) is 22.6 Å². The number of aromatic nitrogens is 4. The largest absolute Gasteiger partial charge is 0.335 e. The second-order valence-corrected chi connectivity index (χ2v) is 10.4. The van der Waals surface area contributed by atoms with Gasteiger partial charge in [0.1, 0.15) is 0 Å². The fourth-order valence-electron chi connectivity index (χ4n) is 4.83. The van der Waals surface area contributed by atoms with Crippen LogP contribution in [0, 0.1) is 11.8 Å². The van der Waals surface area contributed by atoms with Crippen molar-refractivity contribution in [3.05, 3.63) is 34.6 Å². The number of benzene rings is 1. The predicted octanol–water partition coefficient (Wildman–Crippen LogP) is 3.98. The molecule has 0 spiro atoms. The minimum atomic E-state index is -0.456. The van der Waals surface area contributed by atoms with Gasteiger partial charge in [-0.1, -0.05) is 70.3 Å². The molecule has 9 nitrogen and oxygen atoms in total. The van der Waals surface area contributed by atoms with Crippen LogP contribution in [0.25, 0.3) is 16.7 Å². The van der Waals surface area contributed by atoms with E-state index in [0.29, 0.717) is 40.2 Å². The van der Waals surface area contributed by atoms with Crippen LogP contribution in [-0.2, 0) is 11.3 Å². The molecule has 1 fully saturated rings. The van der Waals surface area contributed by atoms with Crippen molar-refractivity contribution in [1.82, 2.24) is 29.8 Å². The molecular formula is C25H34N6O3S. The summed E-state index contributed by atoms with van der Waals surface area (Å²) in [5.41, 5.74) is 0.610. The standard InChI is InChI=1S/C25H34N6O3S/c1-4-5-8-14-30-22(33)18-11-6-7-13-20(18)31-24(30)28-29-25(31)35-15-21(32)27-23(34)26-19-12-9-10-16(2)17(19)3/h6-7,11,13,16-17,19H,4-5,8-10,12,14-15H2,1-3H3,(H2,26,27,32,34)/t16-,17-,19-/m1/s1. The first kappa shape index (κ1) is 25.2. The highest BCUT2D eigenvalue weighted by Crippen LogP contribution is 2.29. The van der Waals surface area contributed by atoms with E-state index in [1.54, 1.807) is 10.6 Å². The Balaban J connectivity index is 1.48. The lowest BCUT2D eigenvalue weighted by Crippen LogP contribution is -2.49. The zero-order valence-corrected chi connectivity index (χ0v) is 21.4. The number of para-hydroxylation sites is 1. The molecule has 1 aliphatic carbocycles. The Morgan fingerprint density at radius 1 is 1.14 bits per heavy atom. The second-order valence-electron chi connectivity index (χ2n) is 9.48. The van der Waals surface area contributed by atoms with Crippen molar-refractivity contribution in [3.63, 3.8) is 0 Å². The molecule has 3 aromatic rings. The summed E-state index contributed by atoms with van der Waals surface area (Å²) in [6.07, 6.45) is 6.12. The highest BCUT2D eigenvalue weighted by atomic mass is 32.2. The molecule has 1 aliphatic rings. The smallest absolute Gasteiger partial charge is 0.321 e. The van der Waals surface area contributed by atoms with Gasteiger partial charge in [-0.2, -0.15) is 0 Å². The fourth-order valence-corrected chi connectivity index (χ4v) is 5.57. The van der Waals surface area contributed by atoms with E-state index in [-0.39, 0.29) is 17.4 Å². The van der Waals surface area contributed by atoms with Gasteiger partial charge < -0.3 is 5.32 Å². The number of hydrogen-bond donors (Lipinski definition) is 2. The number of aryl methyl sites for hydroxylation is 1. The summed E-state index contributed by atoms with van der Waals surface area (Å²) in [4.78, 5) is 38.0. The van der Waals surface area contributed by atoms with Crippen LogP contribution >= 0.6 is 11.8 Å². The topological polar surface area (TPSA) is 110 Å². The average Bonchev–Trinajstić information content (AvgIpc) is 3.27. The highest BCUT2D eigenvalue weighted by molar-refractivity contribution is 7.99. The first-order valence-electron chi connectivity index (χ1n) is 12.5. The molecule has 10 heteroatoms. The number of thioether (sulfide) groups is 1. The Morgan fingerprint density at radius 2 is 1.94 bits per heavy atom. The predicted molar refractivity (Wildman–Crippen MR) is 138 cm³/mol. The van der Waals surface area contributed by atoms with Crippen LogP contribution in [0.5, 0.6) is 0 Å². The number of nitrogens with zero attached hydrogens (tertiary/aromatic N) is 4. The first-order chi connectivity index (χ1) is 16.9. The zero-order chi connectivity index (χ0) is 24.9. The van der Waals surface area contributed by atoms with E-state index < -0.39 is 11.9 Å². The Kier molecular flexibility index (Phi) is 8.10. The van der Waals surface area contributed by atoms with Crippen molar-refractivity contribution in [1.29, 1.82) is 0 Å². The summed E-state index contributed by atoms with van der Waals surface area (Å²) in [5.74, 6) is 1.00. The van der Waals surface area contributed by atoms with Crippen LogP contribution in [0.15, 0.2) is 34.2 Å². The quantitative estimate of drug-likeness (QED) is 0.359. The third-order valence-electron chi connectivity index (χ3n) is 7.07. The summed E-state index contributed by atoms with van der Waals surface area (Å²) >= 11 is 1.19. The molecule has 1 aromatic carbocycles. The van der Waals surface area contributed by atoms with Crippen molar-refractivity contribution in [2.45, 2.75) is 77.0 Å². The van der Waals surface area contributed by atoms with Gasteiger partial charge in [0.15, 0.2) is 5.16 Å². The van der Waals surface area contributed by atoms with E-state index >= 15 is 0 Å². The lowest BCUT2D eigenvalue weighted by molar-refractivity contribution is -0.117. The Hall–Kier alpha value is -2.88. The molecule has 3 atom stereocenters. The third kappa shape index (κ3) is 5.52. The molecule has 35 heavy (non-hydrogen) atoms. The summed E-state index contributed by atoms with van der Waals surface area (Å²) < 4.78 is 3.49. The number of amides is 3. The maximum atomic E-state index is 13.1. The normalized spacial score (nSPS) is 20.3. The van der Waals surface area contributed by atoms with E-state index in [2.05, 4.69) is 41.6 Å². The van der Waals surface area contributed by atoms with Crippen LogP contribution in [0.4, 0.5) is 4.79 Å². The summed E-state index contributed by atoms with van der Waals surface area (Å²) in [5, 5.41) is 15.1. The Labute approximate surface area is 209 Å².